The van der Waals surface area contributed by atoms with E-state index in [9.17, 15) is 49.0 Å². The lowest BCUT2D eigenvalue weighted by Crippen LogP contribution is -2.54. The molecule has 0 aromatic heterocycles. The third-order valence-corrected chi connectivity index (χ3v) is 4.22. The van der Waals surface area contributed by atoms with Crippen molar-refractivity contribution in [1.29, 1.82) is 0 Å². The Morgan fingerprint density at radius 3 is 2.12 bits per heavy atom. The predicted molar refractivity (Wildman–Crippen MR) is 92.0 cm³/mol. The predicted octanol–water partition coefficient (Wildman–Crippen LogP) is 5.30. The molecule has 184 valence electrons. The number of halogens is 10. The Bertz CT molecular complexity index is 943. The third-order valence-electron chi connectivity index (χ3n) is 4.22. The van der Waals surface area contributed by atoms with Gasteiger partial charge in [-0.25, -0.2) is 4.39 Å². The van der Waals surface area contributed by atoms with E-state index in [0.717, 1.165) is 18.2 Å². The number of hydrogen-bond acceptors (Lipinski definition) is 4. The number of hydrogen-bond donors (Lipinski definition) is 2. The maximum atomic E-state index is 13.9. The second-order valence-electron chi connectivity index (χ2n) is 6.82. The molecule has 2 N–H and O–H groups in total. The van der Waals surface area contributed by atoms with Crippen molar-refractivity contribution in [2.24, 2.45) is 0 Å². The molecule has 0 bridgehead atoms. The summed E-state index contributed by atoms with van der Waals surface area (Å²) in [6, 6.07) is 5.10. The minimum Gasteiger partial charge on any atom is -0.406 e. The van der Waals surface area contributed by atoms with Crippen molar-refractivity contribution in [1.82, 2.24) is 5.48 Å². The summed E-state index contributed by atoms with van der Waals surface area (Å²) in [4.78, 5) is 4.72. The van der Waals surface area contributed by atoms with E-state index < -0.39 is 66.6 Å². The van der Waals surface area contributed by atoms with Gasteiger partial charge in [0.05, 0.1) is 18.7 Å². The van der Waals surface area contributed by atoms with Gasteiger partial charge in [0.2, 0.25) is 0 Å². The van der Waals surface area contributed by atoms with Crippen LogP contribution in [-0.2, 0) is 24.0 Å². The molecule has 2 aromatic rings. The van der Waals surface area contributed by atoms with Gasteiger partial charge in [-0.2, -0.15) is 31.8 Å². The quantitative estimate of drug-likeness (QED) is 0.297. The summed E-state index contributed by atoms with van der Waals surface area (Å²) >= 11 is 0. The van der Waals surface area contributed by atoms with Crippen LogP contribution in [0.4, 0.5) is 43.9 Å². The van der Waals surface area contributed by atoms with E-state index in [2.05, 4.69) is 4.74 Å². The molecule has 4 nitrogen and oxygen atoms in total. The second-order valence-corrected chi connectivity index (χ2v) is 6.82. The van der Waals surface area contributed by atoms with E-state index in [-0.39, 0.29) is 11.6 Å². The van der Waals surface area contributed by atoms with Crippen molar-refractivity contribution in [2.75, 3.05) is 6.54 Å². The zero-order valence-corrected chi connectivity index (χ0v) is 16.2. The van der Waals surface area contributed by atoms with Gasteiger partial charge >= 0.3 is 18.7 Å². The Morgan fingerprint density at radius 1 is 0.879 bits per heavy atom. The first kappa shape index (κ1) is 26.7. The molecule has 0 aliphatic carbocycles. The van der Waals surface area contributed by atoms with Crippen molar-refractivity contribution in [3.8, 4) is 5.75 Å². The summed E-state index contributed by atoms with van der Waals surface area (Å²) in [6.07, 6.45) is -16.9. The molecule has 14 heteroatoms. The standard InChI is InChI=1S/C19H15F10NO3/c20-15-5-4-13(17(21,22)23)7-12(15)8-16(31,18(24,25)26)10-30-32-9-11-2-1-3-14(6-11)33-19(27,28)29/h1-7,30-31H,8-10H2. The van der Waals surface area contributed by atoms with E-state index in [4.69, 9.17) is 4.84 Å². The number of benzene rings is 2. The van der Waals surface area contributed by atoms with Gasteiger partial charge in [0, 0.05) is 6.42 Å². The highest BCUT2D eigenvalue weighted by atomic mass is 19.4. The van der Waals surface area contributed by atoms with Crippen molar-refractivity contribution in [3.63, 3.8) is 0 Å². The van der Waals surface area contributed by atoms with Crippen LogP contribution in [0.1, 0.15) is 16.7 Å². The molecule has 0 aliphatic rings. The average Bonchev–Trinajstić information content (AvgIpc) is 2.64. The largest absolute Gasteiger partial charge is 0.573 e. The van der Waals surface area contributed by atoms with Crippen molar-refractivity contribution < 1.29 is 58.6 Å². The molecule has 1 atom stereocenters. The molecule has 0 aliphatic heterocycles. The van der Waals surface area contributed by atoms with Crippen LogP contribution in [-0.4, -0.2) is 29.8 Å². The van der Waals surface area contributed by atoms with Gasteiger partial charge in [-0.05, 0) is 41.5 Å². The number of aliphatic hydroxyl groups is 1. The van der Waals surface area contributed by atoms with E-state index in [1.54, 1.807) is 5.48 Å². The highest BCUT2D eigenvalue weighted by Gasteiger charge is 2.54. The Balaban J connectivity index is 2.08. The van der Waals surface area contributed by atoms with Crippen molar-refractivity contribution in [2.45, 2.75) is 37.3 Å². The van der Waals surface area contributed by atoms with E-state index in [1.807, 2.05) is 0 Å². The van der Waals surface area contributed by atoms with Crippen LogP contribution < -0.4 is 10.2 Å². The van der Waals surface area contributed by atoms with Crippen LogP contribution in [0.25, 0.3) is 0 Å². The topological polar surface area (TPSA) is 50.7 Å². The smallest absolute Gasteiger partial charge is 0.406 e. The Hall–Kier alpha value is -2.58. The molecule has 2 rings (SSSR count). The number of alkyl halides is 9. The number of nitrogens with one attached hydrogen (secondary N) is 1. The van der Waals surface area contributed by atoms with Gasteiger partial charge in [-0.3, -0.25) is 4.84 Å². The maximum absolute atomic E-state index is 13.9. The zero-order valence-electron chi connectivity index (χ0n) is 16.2. The zero-order chi connectivity index (χ0) is 25.1. The van der Waals surface area contributed by atoms with Crippen LogP contribution in [0, 0.1) is 5.82 Å². The molecule has 0 heterocycles. The van der Waals surface area contributed by atoms with E-state index in [0.29, 0.717) is 12.1 Å². The average molecular weight is 495 g/mol. The fourth-order valence-corrected chi connectivity index (χ4v) is 2.60. The molecule has 33 heavy (non-hydrogen) atoms. The number of ether oxygens (including phenoxy) is 1. The molecule has 0 amide bonds. The third kappa shape index (κ3) is 7.75. The van der Waals surface area contributed by atoms with Crippen LogP contribution in [0.2, 0.25) is 0 Å². The highest BCUT2D eigenvalue weighted by Crippen LogP contribution is 2.36. The Labute approximate surface area is 179 Å². The van der Waals surface area contributed by atoms with E-state index >= 15 is 0 Å². The Kier molecular flexibility index (Phi) is 7.86. The summed E-state index contributed by atoms with van der Waals surface area (Å²) < 4.78 is 133. The summed E-state index contributed by atoms with van der Waals surface area (Å²) in [5.41, 5.74) is -4.38. The maximum Gasteiger partial charge on any atom is 0.573 e. The molecule has 0 fully saturated rings. The molecule has 0 spiro atoms. The normalized spacial score (nSPS) is 14.8. The van der Waals surface area contributed by atoms with Crippen molar-refractivity contribution in [3.05, 3.63) is 65.0 Å². The fraction of sp³-hybridized carbons (Fsp3) is 0.368. The fourth-order valence-electron chi connectivity index (χ4n) is 2.60. The van der Waals surface area contributed by atoms with Crippen molar-refractivity contribution >= 4 is 0 Å². The van der Waals surface area contributed by atoms with Gasteiger partial charge in [-0.15, -0.1) is 13.2 Å². The van der Waals surface area contributed by atoms with Gasteiger partial charge in [-0.1, -0.05) is 12.1 Å². The van der Waals surface area contributed by atoms with Crippen LogP contribution in [0.3, 0.4) is 0 Å². The highest BCUT2D eigenvalue weighted by molar-refractivity contribution is 5.29. The first-order valence-corrected chi connectivity index (χ1v) is 8.84. The minimum atomic E-state index is -5.41. The summed E-state index contributed by atoms with van der Waals surface area (Å²) in [5, 5.41) is 10.0. The summed E-state index contributed by atoms with van der Waals surface area (Å²) in [5.74, 6) is -2.01. The Morgan fingerprint density at radius 2 is 1.55 bits per heavy atom. The van der Waals surface area contributed by atoms with Gasteiger partial charge in [0.25, 0.3) is 0 Å². The summed E-state index contributed by atoms with van der Waals surface area (Å²) in [6.45, 7) is -1.99. The molecule has 0 saturated heterocycles. The first-order valence-electron chi connectivity index (χ1n) is 8.84. The van der Waals surface area contributed by atoms with Gasteiger partial charge in [0.1, 0.15) is 11.6 Å². The SMILES string of the molecule is OC(CNOCc1cccc(OC(F)(F)F)c1)(Cc1cc(C(F)(F)F)ccc1F)C(F)(F)F. The number of hydroxylamine groups is 1. The molecule has 1 unspecified atom stereocenters. The molecular weight excluding hydrogens is 480 g/mol. The van der Waals surface area contributed by atoms with Crippen LogP contribution >= 0.6 is 0 Å². The van der Waals surface area contributed by atoms with Gasteiger partial charge < -0.3 is 9.84 Å². The molecule has 0 radical (unpaired) electrons. The second kappa shape index (κ2) is 9.73. The lowest BCUT2D eigenvalue weighted by molar-refractivity contribution is -0.274. The monoisotopic (exact) mass is 495 g/mol. The number of rotatable bonds is 8. The van der Waals surface area contributed by atoms with Gasteiger partial charge in [0.15, 0.2) is 5.60 Å². The lowest BCUT2D eigenvalue weighted by atomic mass is 9.92. The summed E-state index contributed by atoms with van der Waals surface area (Å²) in [7, 11) is 0. The molecular formula is C19H15F10NO3. The van der Waals surface area contributed by atoms with E-state index in [1.165, 1.54) is 6.07 Å². The lowest BCUT2D eigenvalue weighted by Gasteiger charge is -2.31. The van der Waals surface area contributed by atoms with Crippen LogP contribution in [0.5, 0.6) is 5.75 Å². The first-order chi connectivity index (χ1) is 15.0. The minimum absolute atomic E-state index is 0.0451. The molecule has 0 saturated carbocycles. The van der Waals surface area contributed by atoms with Crippen LogP contribution in [0.15, 0.2) is 42.5 Å². The molecule has 2 aromatic carbocycles.